The van der Waals surface area contributed by atoms with Gasteiger partial charge in [0, 0.05) is 17.3 Å². The average Bonchev–Trinajstić information content (AvgIpc) is 2.38. The predicted molar refractivity (Wildman–Crippen MR) is 78.3 cm³/mol. The number of carbonyl (C=O) groups excluding carboxylic acids is 1. The molecule has 0 aliphatic carbocycles. The maximum Gasteiger partial charge on any atom is 0.255 e. The van der Waals surface area contributed by atoms with Gasteiger partial charge in [0.05, 0.1) is 6.10 Å². The molecule has 4 heteroatoms. The van der Waals surface area contributed by atoms with Crippen molar-refractivity contribution >= 4 is 11.6 Å². The average molecular weight is 271 g/mol. The molecule has 20 heavy (non-hydrogen) atoms. The minimum atomic E-state index is -0.230. The topological polar surface area (TPSA) is 58.6 Å². The lowest BCUT2D eigenvalue weighted by atomic mass is 10.2. The minimum Gasteiger partial charge on any atom is -0.508 e. The molecule has 1 amide bonds. The Morgan fingerprint density at radius 2 is 1.85 bits per heavy atom. The molecule has 0 aliphatic heterocycles. The van der Waals surface area contributed by atoms with Crippen LogP contribution in [0.25, 0.3) is 0 Å². The standard InChI is InChI=1S/C16H17NO3/c1-11(2)20-15-8-6-12(7-9-15)16(19)17-13-4-3-5-14(18)10-13/h3-11,18H,1-2H3,(H,17,19). The maximum absolute atomic E-state index is 12.0. The highest BCUT2D eigenvalue weighted by Gasteiger charge is 2.07. The summed E-state index contributed by atoms with van der Waals surface area (Å²) in [6, 6.07) is 13.4. The van der Waals surface area contributed by atoms with E-state index in [0.717, 1.165) is 5.75 Å². The normalized spacial score (nSPS) is 10.3. The van der Waals surface area contributed by atoms with Gasteiger partial charge in [-0.3, -0.25) is 4.79 Å². The molecular weight excluding hydrogens is 254 g/mol. The number of carbonyl (C=O) groups is 1. The van der Waals surface area contributed by atoms with Crippen molar-refractivity contribution in [2.75, 3.05) is 5.32 Å². The summed E-state index contributed by atoms with van der Waals surface area (Å²) in [6.07, 6.45) is 0.0990. The third-order valence-electron chi connectivity index (χ3n) is 2.59. The molecule has 0 aliphatic rings. The fraction of sp³-hybridized carbons (Fsp3) is 0.188. The number of nitrogens with one attached hydrogen (secondary N) is 1. The number of hydrogen-bond donors (Lipinski definition) is 2. The molecule has 104 valence electrons. The molecule has 0 fully saturated rings. The number of phenolic OH excluding ortho intramolecular Hbond substituents is 1. The fourth-order valence-electron chi connectivity index (χ4n) is 1.74. The van der Waals surface area contributed by atoms with Crippen LogP contribution in [-0.4, -0.2) is 17.1 Å². The van der Waals surface area contributed by atoms with Crippen molar-refractivity contribution in [3.63, 3.8) is 0 Å². The van der Waals surface area contributed by atoms with Crippen LogP contribution in [0.4, 0.5) is 5.69 Å². The molecule has 2 aromatic rings. The van der Waals surface area contributed by atoms with E-state index >= 15 is 0 Å². The second-order valence-electron chi connectivity index (χ2n) is 4.70. The van der Waals surface area contributed by atoms with Crippen LogP contribution in [0.5, 0.6) is 11.5 Å². The molecule has 0 radical (unpaired) electrons. The van der Waals surface area contributed by atoms with Gasteiger partial charge in [0.2, 0.25) is 0 Å². The highest BCUT2D eigenvalue weighted by Crippen LogP contribution is 2.18. The molecule has 0 unspecified atom stereocenters. The second kappa shape index (κ2) is 6.10. The summed E-state index contributed by atoms with van der Waals surface area (Å²) in [7, 11) is 0. The van der Waals surface area contributed by atoms with Gasteiger partial charge in [-0.05, 0) is 50.2 Å². The zero-order chi connectivity index (χ0) is 14.5. The number of ether oxygens (including phenoxy) is 1. The van der Waals surface area contributed by atoms with E-state index in [4.69, 9.17) is 4.74 Å². The van der Waals surface area contributed by atoms with Crippen LogP contribution < -0.4 is 10.1 Å². The fourth-order valence-corrected chi connectivity index (χ4v) is 1.74. The van der Waals surface area contributed by atoms with Crippen molar-refractivity contribution in [2.24, 2.45) is 0 Å². The zero-order valence-corrected chi connectivity index (χ0v) is 11.5. The van der Waals surface area contributed by atoms with E-state index in [9.17, 15) is 9.90 Å². The summed E-state index contributed by atoms with van der Waals surface area (Å²) in [5.41, 5.74) is 1.09. The Bertz CT molecular complexity index is 591. The summed E-state index contributed by atoms with van der Waals surface area (Å²) in [6.45, 7) is 3.89. The summed E-state index contributed by atoms with van der Waals surface area (Å²) >= 11 is 0. The Labute approximate surface area is 118 Å². The van der Waals surface area contributed by atoms with Crippen molar-refractivity contribution in [1.82, 2.24) is 0 Å². The van der Waals surface area contributed by atoms with Gasteiger partial charge >= 0.3 is 0 Å². The molecule has 2 rings (SSSR count). The molecule has 0 spiro atoms. The van der Waals surface area contributed by atoms with Crippen LogP contribution in [-0.2, 0) is 0 Å². The Balaban J connectivity index is 2.06. The maximum atomic E-state index is 12.0. The molecule has 0 aromatic heterocycles. The van der Waals surface area contributed by atoms with Gasteiger partial charge in [0.25, 0.3) is 5.91 Å². The highest BCUT2D eigenvalue weighted by atomic mass is 16.5. The van der Waals surface area contributed by atoms with Gasteiger partial charge in [0.1, 0.15) is 11.5 Å². The van der Waals surface area contributed by atoms with Crippen molar-refractivity contribution in [3.8, 4) is 11.5 Å². The summed E-state index contributed by atoms with van der Waals surface area (Å²) in [5.74, 6) is 0.615. The van der Waals surface area contributed by atoms with E-state index in [2.05, 4.69) is 5.32 Å². The Kier molecular flexibility index (Phi) is 4.25. The van der Waals surface area contributed by atoms with Crippen molar-refractivity contribution in [2.45, 2.75) is 20.0 Å². The van der Waals surface area contributed by atoms with Crippen LogP contribution in [0.2, 0.25) is 0 Å². The quantitative estimate of drug-likeness (QED) is 0.895. The lowest BCUT2D eigenvalue weighted by molar-refractivity contribution is 0.102. The van der Waals surface area contributed by atoms with Gasteiger partial charge in [-0.25, -0.2) is 0 Å². The lowest BCUT2D eigenvalue weighted by Gasteiger charge is -2.10. The number of rotatable bonds is 4. The summed E-state index contributed by atoms with van der Waals surface area (Å²) < 4.78 is 5.52. The van der Waals surface area contributed by atoms with Crippen LogP contribution in [0, 0.1) is 0 Å². The highest BCUT2D eigenvalue weighted by molar-refractivity contribution is 6.04. The molecule has 0 saturated carbocycles. The number of aromatic hydroxyl groups is 1. The molecule has 2 aromatic carbocycles. The SMILES string of the molecule is CC(C)Oc1ccc(C(=O)Nc2cccc(O)c2)cc1. The van der Waals surface area contributed by atoms with Crippen LogP contribution in [0.1, 0.15) is 24.2 Å². The van der Waals surface area contributed by atoms with Gasteiger partial charge < -0.3 is 15.2 Å². The smallest absolute Gasteiger partial charge is 0.255 e. The van der Waals surface area contributed by atoms with Crippen molar-refractivity contribution < 1.29 is 14.6 Å². The first-order valence-corrected chi connectivity index (χ1v) is 6.41. The third kappa shape index (κ3) is 3.75. The first-order valence-electron chi connectivity index (χ1n) is 6.41. The third-order valence-corrected chi connectivity index (χ3v) is 2.59. The summed E-state index contributed by atoms with van der Waals surface area (Å²) in [4.78, 5) is 12.0. The minimum absolute atomic E-state index is 0.0990. The molecule has 0 saturated heterocycles. The van der Waals surface area contributed by atoms with Gasteiger partial charge in [0.15, 0.2) is 0 Å². The van der Waals surface area contributed by atoms with E-state index < -0.39 is 0 Å². The number of benzene rings is 2. The molecule has 0 atom stereocenters. The van der Waals surface area contributed by atoms with Crippen LogP contribution in [0.3, 0.4) is 0 Å². The Hall–Kier alpha value is -2.49. The monoisotopic (exact) mass is 271 g/mol. The van der Waals surface area contributed by atoms with Crippen LogP contribution in [0.15, 0.2) is 48.5 Å². The summed E-state index contributed by atoms with van der Waals surface area (Å²) in [5, 5.41) is 12.1. The number of hydrogen-bond acceptors (Lipinski definition) is 3. The lowest BCUT2D eigenvalue weighted by Crippen LogP contribution is -2.12. The number of anilines is 1. The predicted octanol–water partition coefficient (Wildman–Crippen LogP) is 3.43. The molecule has 0 bridgehead atoms. The first kappa shape index (κ1) is 13.9. The van der Waals surface area contributed by atoms with Crippen molar-refractivity contribution in [3.05, 3.63) is 54.1 Å². The number of amides is 1. The van der Waals surface area contributed by atoms with Gasteiger partial charge in [-0.2, -0.15) is 0 Å². The van der Waals surface area contributed by atoms with E-state index in [1.807, 2.05) is 13.8 Å². The van der Waals surface area contributed by atoms with Gasteiger partial charge in [-0.15, -0.1) is 0 Å². The molecule has 4 nitrogen and oxygen atoms in total. The van der Waals surface area contributed by atoms with E-state index in [1.54, 1.807) is 42.5 Å². The first-order chi connectivity index (χ1) is 9.54. The van der Waals surface area contributed by atoms with E-state index in [1.165, 1.54) is 6.07 Å². The molecular formula is C16H17NO3. The largest absolute Gasteiger partial charge is 0.508 e. The molecule has 0 heterocycles. The van der Waals surface area contributed by atoms with E-state index in [0.29, 0.717) is 11.3 Å². The second-order valence-corrected chi connectivity index (χ2v) is 4.70. The zero-order valence-electron chi connectivity index (χ0n) is 11.5. The molecule has 2 N–H and O–H groups in total. The Morgan fingerprint density at radius 1 is 1.15 bits per heavy atom. The van der Waals surface area contributed by atoms with Crippen LogP contribution >= 0.6 is 0 Å². The van der Waals surface area contributed by atoms with Crippen molar-refractivity contribution in [1.29, 1.82) is 0 Å². The van der Waals surface area contributed by atoms with E-state index in [-0.39, 0.29) is 17.8 Å². The number of phenols is 1. The van der Waals surface area contributed by atoms with Gasteiger partial charge in [-0.1, -0.05) is 6.07 Å². The Morgan fingerprint density at radius 3 is 2.45 bits per heavy atom.